The van der Waals surface area contributed by atoms with Gasteiger partial charge in [-0.25, -0.2) is 9.67 Å². The molecule has 9 heteroatoms. The first-order valence-electron chi connectivity index (χ1n) is 9.76. The van der Waals surface area contributed by atoms with Crippen molar-refractivity contribution in [2.45, 2.75) is 24.5 Å². The first-order valence-corrected chi connectivity index (χ1v) is 11.1. The highest BCUT2D eigenvalue weighted by Gasteiger charge is 2.29. The fraction of sp³-hybridized carbons (Fsp3) is 0.182. The molecule has 0 saturated carbocycles. The van der Waals surface area contributed by atoms with Gasteiger partial charge >= 0.3 is 0 Å². The van der Waals surface area contributed by atoms with Crippen molar-refractivity contribution < 1.29 is 4.79 Å². The summed E-state index contributed by atoms with van der Waals surface area (Å²) in [5, 5.41) is 8.91. The lowest BCUT2D eigenvalue weighted by molar-refractivity contribution is -0.116. The van der Waals surface area contributed by atoms with Gasteiger partial charge in [-0.2, -0.15) is 5.10 Å². The molecule has 0 bridgehead atoms. The summed E-state index contributed by atoms with van der Waals surface area (Å²) in [6, 6.07) is 14.7. The molecule has 0 aliphatic carbocycles. The third-order valence-electron chi connectivity index (χ3n) is 5.33. The SMILES string of the molecule is Cc1c(Cl)cccc1NC(=O)CC1CSc2nc3c(cnn3-c3ccccc3)c(=O)n21. The first kappa shape index (κ1) is 19.8. The molecule has 2 aromatic heterocycles. The van der Waals surface area contributed by atoms with Gasteiger partial charge in [0.2, 0.25) is 5.91 Å². The number of rotatable bonds is 4. The molecule has 156 valence electrons. The number of para-hydroxylation sites is 1. The van der Waals surface area contributed by atoms with E-state index in [1.807, 2.05) is 43.3 Å². The Balaban J connectivity index is 1.45. The van der Waals surface area contributed by atoms with Crippen LogP contribution in [0.25, 0.3) is 16.7 Å². The third-order valence-corrected chi connectivity index (χ3v) is 6.84. The van der Waals surface area contributed by atoms with Gasteiger partial charge in [0.25, 0.3) is 5.56 Å². The second-order valence-corrected chi connectivity index (χ2v) is 8.72. The standard InChI is InChI=1S/C22H18ClN5O2S/c1-13-17(23)8-5-9-18(13)25-19(29)10-15-12-31-22-26-20-16(21(30)27(15)22)11-24-28(20)14-6-3-2-4-7-14/h2-9,11,15H,10,12H2,1H3,(H,25,29). The topological polar surface area (TPSA) is 81.8 Å². The number of carbonyl (C=O) groups is 1. The summed E-state index contributed by atoms with van der Waals surface area (Å²) in [6.07, 6.45) is 1.71. The van der Waals surface area contributed by atoms with Gasteiger partial charge in [-0.1, -0.05) is 47.6 Å². The molecule has 1 N–H and O–H groups in total. The number of carbonyl (C=O) groups excluding carboxylic acids is 1. The Bertz CT molecular complexity index is 1370. The molecule has 1 atom stereocenters. The van der Waals surface area contributed by atoms with Crippen molar-refractivity contribution in [3.8, 4) is 5.69 Å². The highest BCUT2D eigenvalue weighted by atomic mass is 35.5. The smallest absolute Gasteiger partial charge is 0.265 e. The van der Waals surface area contributed by atoms with Crippen LogP contribution in [-0.2, 0) is 4.79 Å². The predicted octanol–water partition coefficient (Wildman–Crippen LogP) is 4.22. The van der Waals surface area contributed by atoms with Gasteiger partial charge in [-0.3, -0.25) is 14.2 Å². The molecule has 7 nitrogen and oxygen atoms in total. The van der Waals surface area contributed by atoms with E-state index in [-0.39, 0.29) is 23.9 Å². The van der Waals surface area contributed by atoms with Crippen molar-refractivity contribution in [1.82, 2.24) is 19.3 Å². The molecule has 1 aliphatic heterocycles. The first-order chi connectivity index (χ1) is 15.0. The number of aromatic nitrogens is 4. The second-order valence-electron chi connectivity index (χ2n) is 7.33. The number of benzene rings is 2. The number of nitrogens with zero attached hydrogens (tertiary/aromatic N) is 4. The molecule has 0 fully saturated rings. The van der Waals surface area contributed by atoms with Crippen LogP contribution in [0.3, 0.4) is 0 Å². The number of anilines is 1. The highest BCUT2D eigenvalue weighted by Crippen LogP contribution is 2.34. The van der Waals surface area contributed by atoms with Crippen molar-refractivity contribution in [3.05, 3.63) is 75.7 Å². The zero-order valence-electron chi connectivity index (χ0n) is 16.6. The molecule has 1 amide bonds. The quantitative estimate of drug-likeness (QED) is 0.470. The maximum absolute atomic E-state index is 13.2. The van der Waals surface area contributed by atoms with Gasteiger partial charge in [-0.15, -0.1) is 0 Å². The average Bonchev–Trinajstić information content (AvgIpc) is 3.37. The molecule has 0 spiro atoms. The summed E-state index contributed by atoms with van der Waals surface area (Å²) in [6.45, 7) is 1.86. The largest absolute Gasteiger partial charge is 0.326 e. The van der Waals surface area contributed by atoms with E-state index in [4.69, 9.17) is 16.6 Å². The highest BCUT2D eigenvalue weighted by molar-refractivity contribution is 7.99. The van der Waals surface area contributed by atoms with E-state index in [0.29, 0.717) is 32.7 Å². The normalized spacial score (nSPS) is 15.2. The summed E-state index contributed by atoms with van der Waals surface area (Å²) in [4.78, 5) is 30.6. The zero-order chi connectivity index (χ0) is 21.5. The summed E-state index contributed by atoms with van der Waals surface area (Å²) < 4.78 is 3.29. The van der Waals surface area contributed by atoms with Crippen molar-refractivity contribution in [1.29, 1.82) is 0 Å². The number of halogens is 1. The molecular weight excluding hydrogens is 434 g/mol. The Morgan fingerprint density at radius 2 is 2.03 bits per heavy atom. The summed E-state index contributed by atoms with van der Waals surface area (Å²) in [5.74, 6) is 0.436. The molecule has 31 heavy (non-hydrogen) atoms. The van der Waals surface area contributed by atoms with E-state index in [1.165, 1.54) is 11.8 Å². The lowest BCUT2D eigenvalue weighted by Crippen LogP contribution is -2.27. The van der Waals surface area contributed by atoms with Crippen LogP contribution in [0.5, 0.6) is 0 Å². The van der Waals surface area contributed by atoms with Crippen LogP contribution < -0.4 is 10.9 Å². The number of fused-ring (bicyclic) bond motifs is 2. The van der Waals surface area contributed by atoms with Gasteiger partial charge in [0, 0.05) is 22.9 Å². The third kappa shape index (κ3) is 3.51. The Hall–Kier alpha value is -3.10. The summed E-state index contributed by atoms with van der Waals surface area (Å²) >= 11 is 7.62. The average molecular weight is 452 g/mol. The van der Waals surface area contributed by atoms with Gasteiger partial charge in [0.05, 0.1) is 17.9 Å². The van der Waals surface area contributed by atoms with Crippen molar-refractivity contribution >= 4 is 46.0 Å². The van der Waals surface area contributed by atoms with Crippen LogP contribution in [-0.4, -0.2) is 31.0 Å². The maximum Gasteiger partial charge on any atom is 0.265 e. The Morgan fingerprint density at radius 1 is 1.23 bits per heavy atom. The molecule has 2 aromatic carbocycles. The molecule has 1 unspecified atom stereocenters. The predicted molar refractivity (Wildman–Crippen MR) is 122 cm³/mol. The van der Waals surface area contributed by atoms with Crippen LogP contribution in [0, 0.1) is 6.92 Å². The van der Waals surface area contributed by atoms with Crippen molar-refractivity contribution in [2.75, 3.05) is 11.1 Å². The zero-order valence-corrected chi connectivity index (χ0v) is 18.2. The Morgan fingerprint density at radius 3 is 2.84 bits per heavy atom. The molecule has 4 aromatic rings. The van der Waals surface area contributed by atoms with E-state index in [0.717, 1.165) is 11.3 Å². The van der Waals surface area contributed by atoms with Crippen LogP contribution in [0.2, 0.25) is 5.02 Å². The number of hydrogen-bond acceptors (Lipinski definition) is 5. The van der Waals surface area contributed by atoms with Crippen LogP contribution in [0.1, 0.15) is 18.0 Å². The minimum Gasteiger partial charge on any atom is -0.326 e. The number of hydrogen-bond donors (Lipinski definition) is 1. The van der Waals surface area contributed by atoms with E-state index < -0.39 is 0 Å². The maximum atomic E-state index is 13.2. The minimum atomic E-state index is -0.274. The van der Waals surface area contributed by atoms with E-state index in [1.54, 1.807) is 27.6 Å². The van der Waals surface area contributed by atoms with Crippen LogP contribution >= 0.6 is 23.4 Å². The number of amides is 1. The fourth-order valence-electron chi connectivity index (χ4n) is 3.70. The molecule has 0 saturated heterocycles. The van der Waals surface area contributed by atoms with Gasteiger partial charge < -0.3 is 5.32 Å². The van der Waals surface area contributed by atoms with E-state index in [2.05, 4.69) is 10.4 Å². The van der Waals surface area contributed by atoms with Crippen LogP contribution in [0.15, 0.2) is 64.7 Å². The molecule has 3 heterocycles. The number of thioether (sulfide) groups is 1. The van der Waals surface area contributed by atoms with Crippen LogP contribution in [0.4, 0.5) is 5.69 Å². The molecule has 0 radical (unpaired) electrons. The Labute approximate surface area is 187 Å². The summed E-state index contributed by atoms with van der Waals surface area (Å²) in [7, 11) is 0. The van der Waals surface area contributed by atoms with Gasteiger partial charge in [-0.05, 0) is 36.8 Å². The van der Waals surface area contributed by atoms with Gasteiger partial charge in [0.1, 0.15) is 5.39 Å². The van der Waals surface area contributed by atoms with Crippen molar-refractivity contribution in [2.24, 2.45) is 0 Å². The fourth-order valence-corrected chi connectivity index (χ4v) is 5.00. The monoisotopic (exact) mass is 451 g/mol. The Kier molecular flexibility index (Phi) is 5.03. The van der Waals surface area contributed by atoms with Crippen molar-refractivity contribution in [3.63, 3.8) is 0 Å². The molecular formula is C22H18ClN5O2S. The number of nitrogens with one attached hydrogen (secondary N) is 1. The molecule has 5 rings (SSSR count). The minimum absolute atomic E-state index is 0.171. The molecule has 1 aliphatic rings. The lowest BCUT2D eigenvalue weighted by Gasteiger charge is -2.14. The lowest BCUT2D eigenvalue weighted by atomic mass is 10.1. The van der Waals surface area contributed by atoms with E-state index >= 15 is 0 Å². The van der Waals surface area contributed by atoms with Gasteiger partial charge in [0.15, 0.2) is 10.8 Å². The second kappa shape index (κ2) is 7.86. The summed E-state index contributed by atoms with van der Waals surface area (Å²) in [5.41, 5.74) is 2.67. The van der Waals surface area contributed by atoms with E-state index in [9.17, 15) is 9.59 Å².